The molecule has 0 saturated heterocycles. The van der Waals surface area contributed by atoms with Crippen molar-refractivity contribution in [2.24, 2.45) is 0 Å². The summed E-state index contributed by atoms with van der Waals surface area (Å²) < 4.78 is 1.56. The zero-order valence-corrected chi connectivity index (χ0v) is 13.7. The van der Waals surface area contributed by atoms with E-state index in [4.69, 9.17) is 5.73 Å². The monoisotopic (exact) mass is 338 g/mol. The average Bonchev–Trinajstić information content (AvgIpc) is 2.85. The summed E-state index contributed by atoms with van der Waals surface area (Å²) in [7, 11) is 0. The summed E-state index contributed by atoms with van der Waals surface area (Å²) in [5.74, 6) is 0.507. The molecule has 1 aliphatic heterocycles. The number of pyridine rings is 1. The van der Waals surface area contributed by atoms with Gasteiger partial charge in [-0.3, -0.25) is 14.2 Å². The number of aromatic nitrogens is 3. The number of nitrogens with one attached hydrogen (secondary N) is 2. The summed E-state index contributed by atoms with van der Waals surface area (Å²) in [6.45, 7) is 1.82. The molecule has 1 spiro atoms. The molecule has 1 amide bonds. The first-order chi connectivity index (χ1) is 12.0. The fraction of sp³-hybridized carbons (Fsp3) is 0.294. The van der Waals surface area contributed by atoms with Gasteiger partial charge in [0.15, 0.2) is 0 Å². The second kappa shape index (κ2) is 5.44. The Bertz CT molecular complexity index is 964. The maximum absolute atomic E-state index is 13.1. The van der Waals surface area contributed by atoms with E-state index in [1.165, 1.54) is 6.33 Å². The van der Waals surface area contributed by atoms with Crippen LogP contribution in [-0.2, 0) is 5.66 Å². The normalized spacial score (nSPS) is 21.2. The maximum atomic E-state index is 13.1. The molecule has 8 nitrogen and oxygen atoms in total. The fourth-order valence-electron chi connectivity index (χ4n) is 3.53. The molecule has 2 aliphatic rings. The minimum atomic E-state index is -0.783. The average molecular weight is 338 g/mol. The molecule has 4 N–H and O–H groups in total. The number of carbonyl (C=O) groups excluding carboxylic acids is 1. The fourth-order valence-corrected chi connectivity index (χ4v) is 3.53. The summed E-state index contributed by atoms with van der Waals surface area (Å²) in [4.78, 5) is 33.5. The van der Waals surface area contributed by atoms with E-state index < -0.39 is 5.66 Å². The number of hydrogen-bond donors (Lipinski definition) is 3. The number of rotatable bonds is 2. The van der Waals surface area contributed by atoms with Gasteiger partial charge in [0, 0.05) is 6.07 Å². The van der Waals surface area contributed by atoms with Gasteiger partial charge in [-0.25, -0.2) is 9.97 Å². The van der Waals surface area contributed by atoms with Gasteiger partial charge in [0.1, 0.15) is 35.0 Å². The van der Waals surface area contributed by atoms with E-state index in [1.807, 2.05) is 19.1 Å². The summed E-state index contributed by atoms with van der Waals surface area (Å²) >= 11 is 0. The van der Waals surface area contributed by atoms with Gasteiger partial charge in [-0.15, -0.1) is 0 Å². The summed E-state index contributed by atoms with van der Waals surface area (Å²) in [5.41, 5.74) is 6.07. The molecular weight excluding hydrogens is 320 g/mol. The lowest BCUT2D eigenvalue weighted by atomic mass is 9.96. The largest absolute Gasteiger partial charge is 0.384 e. The van der Waals surface area contributed by atoms with Gasteiger partial charge in [0.2, 0.25) is 0 Å². The van der Waals surface area contributed by atoms with E-state index in [1.54, 1.807) is 16.7 Å². The standard InChI is InChI=1S/C17H18N6O2/c1-10-7-11(21-13-8-12(18)19-9-20-13)16(25)23-14(10)15(24)22-17(23)5-3-2-4-6-17/h3,5,7-9H,2,4,6H2,1H3,(H,22,24)(H3,18,19,20,21). The van der Waals surface area contributed by atoms with Crippen molar-refractivity contribution in [1.82, 2.24) is 19.9 Å². The summed E-state index contributed by atoms with van der Waals surface area (Å²) in [6.07, 6.45) is 7.78. The van der Waals surface area contributed by atoms with Gasteiger partial charge < -0.3 is 16.4 Å². The first-order valence-electron chi connectivity index (χ1n) is 8.12. The van der Waals surface area contributed by atoms with Gasteiger partial charge in [0.25, 0.3) is 11.5 Å². The maximum Gasteiger partial charge on any atom is 0.277 e. The molecule has 25 heavy (non-hydrogen) atoms. The predicted molar refractivity (Wildman–Crippen MR) is 93.6 cm³/mol. The first-order valence-corrected chi connectivity index (χ1v) is 8.12. The van der Waals surface area contributed by atoms with Crippen molar-refractivity contribution in [1.29, 1.82) is 0 Å². The van der Waals surface area contributed by atoms with Crippen LogP contribution in [0.5, 0.6) is 0 Å². The number of amides is 1. The molecule has 3 heterocycles. The van der Waals surface area contributed by atoms with Crippen molar-refractivity contribution in [2.45, 2.75) is 31.8 Å². The molecular formula is C17H18N6O2. The highest BCUT2D eigenvalue weighted by Crippen LogP contribution is 2.33. The molecule has 0 bridgehead atoms. The van der Waals surface area contributed by atoms with Crippen molar-refractivity contribution in [3.8, 4) is 0 Å². The van der Waals surface area contributed by atoms with Gasteiger partial charge in [-0.2, -0.15) is 0 Å². The van der Waals surface area contributed by atoms with Crippen LogP contribution in [0, 0.1) is 6.92 Å². The molecule has 8 heteroatoms. The van der Waals surface area contributed by atoms with E-state index in [-0.39, 0.29) is 11.5 Å². The van der Waals surface area contributed by atoms with Crippen LogP contribution in [0.15, 0.2) is 35.4 Å². The number of nitrogens with two attached hydrogens (primary N) is 1. The van der Waals surface area contributed by atoms with Crippen LogP contribution in [0.25, 0.3) is 0 Å². The Morgan fingerprint density at radius 2 is 2.16 bits per heavy atom. The minimum Gasteiger partial charge on any atom is -0.384 e. The summed E-state index contributed by atoms with van der Waals surface area (Å²) in [6, 6.07) is 3.21. The highest BCUT2D eigenvalue weighted by atomic mass is 16.2. The lowest BCUT2D eigenvalue weighted by Crippen LogP contribution is -2.46. The Kier molecular flexibility index (Phi) is 3.34. The molecule has 1 atom stereocenters. The third-order valence-corrected chi connectivity index (χ3v) is 4.61. The number of fused-ring (bicyclic) bond motifs is 2. The van der Waals surface area contributed by atoms with E-state index in [0.717, 1.165) is 18.4 Å². The number of carbonyl (C=O) groups is 1. The van der Waals surface area contributed by atoms with Crippen molar-refractivity contribution in [2.75, 3.05) is 11.1 Å². The number of nitrogens with zero attached hydrogens (tertiary/aromatic N) is 3. The number of anilines is 3. The lowest BCUT2D eigenvalue weighted by molar-refractivity contribution is 0.0932. The van der Waals surface area contributed by atoms with Crippen LogP contribution in [0.2, 0.25) is 0 Å². The van der Waals surface area contributed by atoms with Crippen LogP contribution >= 0.6 is 0 Å². The van der Waals surface area contributed by atoms with Gasteiger partial charge >= 0.3 is 0 Å². The predicted octanol–water partition coefficient (Wildman–Crippen LogP) is 1.41. The van der Waals surface area contributed by atoms with E-state index in [2.05, 4.69) is 20.6 Å². The molecule has 0 fully saturated rings. The van der Waals surface area contributed by atoms with Crippen LogP contribution < -0.4 is 21.9 Å². The highest BCUT2D eigenvalue weighted by molar-refractivity contribution is 5.97. The summed E-state index contributed by atoms with van der Waals surface area (Å²) in [5, 5.41) is 5.97. The highest BCUT2D eigenvalue weighted by Gasteiger charge is 2.43. The van der Waals surface area contributed by atoms with E-state index in [9.17, 15) is 9.59 Å². The molecule has 2 aromatic rings. The lowest BCUT2D eigenvalue weighted by Gasteiger charge is -2.31. The molecule has 128 valence electrons. The zero-order chi connectivity index (χ0) is 17.6. The van der Waals surface area contributed by atoms with Gasteiger partial charge in [0.05, 0.1) is 0 Å². The Morgan fingerprint density at radius 1 is 1.32 bits per heavy atom. The molecule has 4 rings (SSSR count). The van der Waals surface area contributed by atoms with Crippen molar-refractivity contribution >= 4 is 23.2 Å². The Morgan fingerprint density at radius 3 is 2.88 bits per heavy atom. The van der Waals surface area contributed by atoms with Crippen molar-refractivity contribution in [3.05, 3.63) is 52.2 Å². The molecule has 2 aromatic heterocycles. The third-order valence-electron chi connectivity index (χ3n) is 4.61. The SMILES string of the molecule is Cc1cc(Nc2cc(N)ncn2)c(=O)n2c1C(=O)NC21C=CCCC1. The van der Waals surface area contributed by atoms with Gasteiger partial charge in [-0.05, 0) is 43.9 Å². The van der Waals surface area contributed by atoms with Crippen molar-refractivity contribution in [3.63, 3.8) is 0 Å². The number of nitrogen functional groups attached to an aromatic ring is 1. The molecule has 0 saturated carbocycles. The van der Waals surface area contributed by atoms with Gasteiger partial charge in [-0.1, -0.05) is 6.08 Å². The second-order valence-corrected chi connectivity index (χ2v) is 6.36. The molecule has 1 unspecified atom stereocenters. The van der Waals surface area contributed by atoms with Crippen LogP contribution in [0.4, 0.5) is 17.3 Å². The van der Waals surface area contributed by atoms with Crippen LogP contribution in [-0.4, -0.2) is 20.4 Å². The quantitative estimate of drug-likeness (QED) is 0.713. The third kappa shape index (κ3) is 2.37. The second-order valence-electron chi connectivity index (χ2n) is 6.36. The first kappa shape index (κ1) is 15.4. The van der Waals surface area contributed by atoms with Crippen molar-refractivity contribution < 1.29 is 4.79 Å². The van der Waals surface area contributed by atoms with Crippen LogP contribution in [0.1, 0.15) is 35.3 Å². The zero-order valence-electron chi connectivity index (χ0n) is 13.7. The van der Waals surface area contributed by atoms with E-state index >= 15 is 0 Å². The van der Waals surface area contributed by atoms with E-state index in [0.29, 0.717) is 29.4 Å². The number of hydrogen-bond acceptors (Lipinski definition) is 6. The smallest absolute Gasteiger partial charge is 0.277 e. The Balaban J connectivity index is 1.87. The van der Waals surface area contributed by atoms with Crippen LogP contribution in [0.3, 0.4) is 0 Å². The number of aryl methyl sites for hydroxylation is 1. The Hall–Kier alpha value is -3.16. The molecule has 0 radical (unpaired) electrons. The molecule has 1 aliphatic carbocycles. The Labute approximate surface area is 143 Å². The molecule has 0 aromatic carbocycles. The number of allylic oxidation sites excluding steroid dienone is 1. The minimum absolute atomic E-state index is 0.223. The topological polar surface area (TPSA) is 115 Å².